The van der Waals surface area contributed by atoms with Gasteiger partial charge in [0.25, 0.3) is 0 Å². The second-order valence-electron chi connectivity index (χ2n) is 3.24. The number of carbonyl (C=O) groups is 1. The first-order valence-corrected chi connectivity index (χ1v) is 5.16. The van der Waals surface area contributed by atoms with E-state index in [1.807, 2.05) is 0 Å². The summed E-state index contributed by atoms with van der Waals surface area (Å²) in [5.74, 6) is -0.245. The van der Waals surface area contributed by atoms with Gasteiger partial charge in [-0.25, -0.2) is 9.78 Å². The minimum absolute atomic E-state index is 0.129. The zero-order chi connectivity index (χ0) is 12.3. The van der Waals surface area contributed by atoms with E-state index in [1.165, 1.54) is 18.3 Å². The van der Waals surface area contributed by atoms with Gasteiger partial charge in [0.1, 0.15) is 5.75 Å². The Bertz CT molecular complexity index is 540. The molecule has 0 aliphatic carbocycles. The number of carboxylic acids is 1. The summed E-state index contributed by atoms with van der Waals surface area (Å²) in [6, 6.07) is 9.47. The van der Waals surface area contributed by atoms with E-state index in [0.717, 1.165) is 0 Å². The van der Waals surface area contributed by atoms with Crippen molar-refractivity contribution in [2.75, 3.05) is 0 Å². The summed E-state index contributed by atoms with van der Waals surface area (Å²) in [6.45, 7) is 0. The molecule has 0 saturated heterocycles. The number of benzene rings is 1. The quantitative estimate of drug-likeness (QED) is 0.907. The van der Waals surface area contributed by atoms with Crippen LogP contribution in [0.4, 0.5) is 0 Å². The molecule has 86 valence electrons. The Kier molecular flexibility index (Phi) is 3.25. The molecular formula is C12H8ClNO3. The van der Waals surface area contributed by atoms with Crippen LogP contribution in [0.5, 0.6) is 11.6 Å². The summed E-state index contributed by atoms with van der Waals surface area (Å²) in [6.07, 6.45) is 1.38. The molecule has 0 amide bonds. The van der Waals surface area contributed by atoms with E-state index in [1.54, 1.807) is 24.3 Å². The van der Waals surface area contributed by atoms with Gasteiger partial charge in [0, 0.05) is 17.3 Å². The highest BCUT2D eigenvalue weighted by Gasteiger charge is 2.05. The van der Waals surface area contributed by atoms with Crippen LogP contribution in [0.3, 0.4) is 0 Å². The first-order valence-electron chi connectivity index (χ1n) is 4.78. The van der Waals surface area contributed by atoms with Crippen molar-refractivity contribution in [1.82, 2.24) is 4.98 Å². The molecule has 2 aromatic rings. The number of aromatic carboxylic acids is 1. The average Bonchev–Trinajstić information content (AvgIpc) is 2.32. The molecule has 2 rings (SSSR count). The fourth-order valence-electron chi connectivity index (χ4n) is 1.22. The average molecular weight is 250 g/mol. The molecule has 1 heterocycles. The van der Waals surface area contributed by atoms with Gasteiger partial charge in [-0.05, 0) is 30.3 Å². The fraction of sp³-hybridized carbons (Fsp3) is 0. The Labute approximate surface area is 102 Å². The molecule has 0 radical (unpaired) electrons. The van der Waals surface area contributed by atoms with Crippen LogP contribution >= 0.6 is 11.6 Å². The highest BCUT2D eigenvalue weighted by atomic mass is 35.5. The number of ether oxygens (including phenoxy) is 1. The van der Waals surface area contributed by atoms with Gasteiger partial charge in [0.05, 0.1) is 5.56 Å². The van der Waals surface area contributed by atoms with E-state index in [0.29, 0.717) is 10.8 Å². The second kappa shape index (κ2) is 4.84. The molecule has 5 heteroatoms. The van der Waals surface area contributed by atoms with E-state index in [-0.39, 0.29) is 11.4 Å². The minimum Gasteiger partial charge on any atom is -0.478 e. The molecule has 0 spiro atoms. The van der Waals surface area contributed by atoms with Gasteiger partial charge in [-0.2, -0.15) is 0 Å². The van der Waals surface area contributed by atoms with Gasteiger partial charge in [0.15, 0.2) is 0 Å². The summed E-state index contributed by atoms with van der Waals surface area (Å²) < 4.78 is 5.39. The van der Waals surface area contributed by atoms with Crippen LogP contribution in [0.25, 0.3) is 0 Å². The SMILES string of the molecule is O=C(O)c1ccnc(Oc2ccc(Cl)cc2)c1. The molecule has 0 aliphatic rings. The van der Waals surface area contributed by atoms with Crippen LogP contribution in [0.2, 0.25) is 5.02 Å². The Balaban J connectivity index is 2.21. The lowest BCUT2D eigenvalue weighted by molar-refractivity contribution is 0.0696. The van der Waals surface area contributed by atoms with Crippen molar-refractivity contribution in [3.8, 4) is 11.6 Å². The first kappa shape index (κ1) is 11.4. The van der Waals surface area contributed by atoms with E-state index in [4.69, 9.17) is 21.4 Å². The lowest BCUT2D eigenvalue weighted by Crippen LogP contribution is -1.97. The summed E-state index contributed by atoms with van der Waals surface area (Å²) >= 11 is 5.73. The van der Waals surface area contributed by atoms with Crippen LogP contribution in [0, 0.1) is 0 Å². The van der Waals surface area contributed by atoms with Gasteiger partial charge in [-0.3, -0.25) is 0 Å². The van der Waals surface area contributed by atoms with Crippen LogP contribution in [0.1, 0.15) is 10.4 Å². The molecule has 1 N–H and O–H groups in total. The maximum atomic E-state index is 10.7. The van der Waals surface area contributed by atoms with Crippen molar-refractivity contribution in [3.05, 3.63) is 53.2 Å². The summed E-state index contributed by atoms with van der Waals surface area (Å²) in [4.78, 5) is 14.7. The summed E-state index contributed by atoms with van der Waals surface area (Å²) in [5.41, 5.74) is 0.129. The lowest BCUT2D eigenvalue weighted by Gasteiger charge is -2.04. The summed E-state index contributed by atoms with van der Waals surface area (Å²) in [7, 11) is 0. The maximum Gasteiger partial charge on any atom is 0.335 e. The second-order valence-corrected chi connectivity index (χ2v) is 3.68. The fourth-order valence-corrected chi connectivity index (χ4v) is 1.35. The summed E-state index contributed by atoms with van der Waals surface area (Å²) in [5, 5.41) is 9.41. The van der Waals surface area contributed by atoms with Crippen LogP contribution in [0.15, 0.2) is 42.6 Å². The van der Waals surface area contributed by atoms with Gasteiger partial charge >= 0.3 is 5.97 Å². The Morgan fingerprint density at radius 3 is 2.59 bits per heavy atom. The number of carboxylic acid groups (broad SMARTS) is 1. The molecule has 0 unspecified atom stereocenters. The zero-order valence-electron chi connectivity index (χ0n) is 8.63. The van der Waals surface area contributed by atoms with Crippen LogP contribution in [-0.2, 0) is 0 Å². The smallest absolute Gasteiger partial charge is 0.335 e. The third kappa shape index (κ3) is 2.95. The molecule has 17 heavy (non-hydrogen) atoms. The maximum absolute atomic E-state index is 10.7. The highest BCUT2D eigenvalue weighted by molar-refractivity contribution is 6.30. The molecule has 1 aromatic carbocycles. The van der Waals surface area contributed by atoms with E-state index in [2.05, 4.69) is 4.98 Å². The highest BCUT2D eigenvalue weighted by Crippen LogP contribution is 2.21. The Hall–Kier alpha value is -2.07. The molecule has 0 aliphatic heterocycles. The van der Waals surface area contributed by atoms with Crippen molar-refractivity contribution >= 4 is 17.6 Å². The number of nitrogens with zero attached hydrogens (tertiary/aromatic N) is 1. The number of rotatable bonds is 3. The molecule has 1 aromatic heterocycles. The van der Waals surface area contributed by atoms with Crippen molar-refractivity contribution in [1.29, 1.82) is 0 Å². The van der Waals surface area contributed by atoms with Crippen molar-refractivity contribution < 1.29 is 14.6 Å². The molecule has 4 nitrogen and oxygen atoms in total. The van der Waals surface area contributed by atoms with Crippen LogP contribution < -0.4 is 4.74 Å². The van der Waals surface area contributed by atoms with Gasteiger partial charge in [-0.15, -0.1) is 0 Å². The number of pyridine rings is 1. The topological polar surface area (TPSA) is 59.4 Å². The number of aromatic nitrogens is 1. The van der Waals surface area contributed by atoms with Crippen LogP contribution in [-0.4, -0.2) is 16.1 Å². The Morgan fingerprint density at radius 2 is 1.94 bits per heavy atom. The van der Waals surface area contributed by atoms with E-state index in [9.17, 15) is 4.79 Å². The monoisotopic (exact) mass is 249 g/mol. The number of hydrogen-bond acceptors (Lipinski definition) is 3. The number of hydrogen-bond donors (Lipinski definition) is 1. The third-order valence-electron chi connectivity index (χ3n) is 2.02. The van der Waals surface area contributed by atoms with Crippen molar-refractivity contribution in [2.45, 2.75) is 0 Å². The predicted molar refractivity (Wildman–Crippen MR) is 62.7 cm³/mol. The largest absolute Gasteiger partial charge is 0.478 e. The standard InChI is InChI=1S/C12H8ClNO3/c13-9-1-3-10(4-2-9)17-11-7-8(12(15)16)5-6-14-11/h1-7H,(H,15,16). The lowest BCUT2D eigenvalue weighted by atomic mass is 10.3. The Morgan fingerprint density at radius 1 is 1.24 bits per heavy atom. The molecule has 0 atom stereocenters. The van der Waals surface area contributed by atoms with Gasteiger partial charge < -0.3 is 9.84 Å². The van der Waals surface area contributed by atoms with Gasteiger partial charge in [-0.1, -0.05) is 11.6 Å². The first-order chi connectivity index (χ1) is 8.15. The van der Waals surface area contributed by atoms with Gasteiger partial charge in [0.2, 0.25) is 5.88 Å². The molecule has 0 saturated carbocycles. The zero-order valence-corrected chi connectivity index (χ0v) is 9.39. The third-order valence-corrected chi connectivity index (χ3v) is 2.27. The van der Waals surface area contributed by atoms with E-state index >= 15 is 0 Å². The van der Waals surface area contributed by atoms with Crippen molar-refractivity contribution in [3.63, 3.8) is 0 Å². The molecule has 0 fully saturated rings. The molecular weight excluding hydrogens is 242 g/mol. The minimum atomic E-state index is -1.02. The van der Waals surface area contributed by atoms with Crippen molar-refractivity contribution in [2.24, 2.45) is 0 Å². The normalized spacial score (nSPS) is 9.94. The number of halogens is 1. The predicted octanol–water partition coefficient (Wildman–Crippen LogP) is 3.23. The van der Waals surface area contributed by atoms with E-state index < -0.39 is 5.97 Å². The molecule has 0 bridgehead atoms.